The smallest absolute Gasteiger partial charge is 0.179 e. The van der Waals surface area contributed by atoms with Gasteiger partial charge in [-0.05, 0) is 25.3 Å². The first kappa shape index (κ1) is 11.2. The third kappa shape index (κ3) is 2.33. The van der Waals surface area contributed by atoms with Crippen molar-refractivity contribution in [1.82, 2.24) is 0 Å². The standard InChI is InChI=1S/C10H12FNOS/c1-6(12)10(13)7-3-4-9(14-2)8(11)5-7/h3-6H,12H2,1-2H3. The van der Waals surface area contributed by atoms with Gasteiger partial charge < -0.3 is 5.73 Å². The number of hydrogen-bond donors (Lipinski definition) is 1. The molecule has 0 fully saturated rings. The Morgan fingerprint density at radius 1 is 1.57 bits per heavy atom. The highest BCUT2D eigenvalue weighted by molar-refractivity contribution is 7.98. The average Bonchev–Trinajstić information content (AvgIpc) is 2.16. The minimum atomic E-state index is -0.588. The molecule has 1 aromatic carbocycles. The number of carbonyl (C=O) groups is 1. The van der Waals surface area contributed by atoms with Gasteiger partial charge in [0.1, 0.15) is 5.82 Å². The molecule has 0 saturated carbocycles. The molecule has 0 radical (unpaired) electrons. The van der Waals surface area contributed by atoms with Crippen molar-refractivity contribution < 1.29 is 9.18 Å². The molecule has 0 aliphatic carbocycles. The lowest BCUT2D eigenvalue weighted by molar-refractivity contribution is 0.0967. The molecular weight excluding hydrogens is 201 g/mol. The predicted octanol–water partition coefficient (Wildman–Crippen LogP) is 2.08. The Bertz CT molecular complexity index is 352. The van der Waals surface area contributed by atoms with Gasteiger partial charge in [-0.1, -0.05) is 6.07 Å². The Morgan fingerprint density at radius 3 is 2.64 bits per heavy atom. The molecule has 4 heteroatoms. The number of hydrogen-bond acceptors (Lipinski definition) is 3. The second-order valence-corrected chi connectivity index (χ2v) is 3.85. The van der Waals surface area contributed by atoms with E-state index in [-0.39, 0.29) is 11.6 Å². The topological polar surface area (TPSA) is 43.1 Å². The van der Waals surface area contributed by atoms with E-state index in [1.807, 2.05) is 0 Å². The number of benzene rings is 1. The summed E-state index contributed by atoms with van der Waals surface area (Å²) in [7, 11) is 0. The molecule has 0 aliphatic rings. The zero-order valence-corrected chi connectivity index (χ0v) is 8.90. The van der Waals surface area contributed by atoms with Crippen LogP contribution in [0.4, 0.5) is 4.39 Å². The number of thioether (sulfide) groups is 1. The first-order chi connectivity index (χ1) is 6.56. The van der Waals surface area contributed by atoms with Gasteiger partial charge >= 0.3 is 0 Å². The van der Waals surface area contributed by atoms with Crippen LogP contribution in [0.5, 0.6) is 0 Å². The second kappa shape index (κ2) is 4.57. The van der Waals surface area contributed by atoms with Crippen LogP contribution >= 0.6 is 11.8 Å². The highest BCUT2D eigenvalue weighted by atomic mass is 32.2. The molecule has 1 atom stereocenters. The van der Waals surface area contributed by atoms with Crippen molar-refractivity contribution >= 4 is 17.5 Å². The fraction of sp³-hybridized carbons (Fsp3) is 0.300. The largest absolute Gasteiger partial charge is 0.321 e. The van der Waals surface area contributed by atoms with E-state index in [0.717, 1.165) is 0 Å². The van der Waals surface area contributed by atoms with E-state index in [2.05, 4.69) is 0 Å². The lowest BCUT2D eigenvalue weighted by Gasteiger charge is -2.05. The van der Waals surface area contributed by atoms with Crippen molar-refractivity contribution in [2.75, 3.05) is 6.26 Å². The molecule has 0 aromatic heterocycles. The van der Waals surface area contributed by atoms with Crippen molar-refractivity contribution in [3.05, 3.63) is 29.6 Å². The lowest BCUT2D eigenvalue weighted by atomic mass is 10.1. The van der Waals surface area contributed by atoms with Gasteiger partial charge in [0, 0.05) is 10.5 Å². The molecule has 1 unspecified atom stereocenters. The predicted molar refractivity (Wildman–Crippen MR) is 56.2 cm³/mol. The molecule has 0 saturated heterocycles. The number of rotatable bonds is 3. The number of carbonyl (C=O) groups excluding carboxylic acids is 1. The Balaban J connectivity index is 3.03. The van der Waals surface area contributed by atoms with Gasteiger partial charge in [-0.3, -0.25) is 4.79 Å². The molecular formula is C10H12FNOS. The SMILES string of the molecule is CSc1ccc(C(=O)C(C)N)cc1F. The van der Waals surface area contributed by atoms with Crippen LogP contribution in [0.2, 0.25) is 0 Å². The summed E-state index contributed by atoms with van der Waals surface area (Å²) in [4.78, 5) is 11.9. The normalized spacial score (nSPS) is 12.6. The Hall–Kier alpha value is -0.870. The Morgan fingerprint density at radius 2 is 2.21 bits per heavy atom. The highest BCUT2D eigenvalue weighted by Gasteiger charge is 2.12. The molecule has 0 heterocycles. The summed E-state index contributed by atoms with van der Waals surface area (Å²) in [5.74, 6) is -0.611. The second-order valence-electron chi connectivity index (χ2n) is 3.00. The van der Waals surface area contributed by atoms with Gasteiger partial charge in [0.2, 0.25) is 0 Å². The number of Topliss-reactive ketones (excluding diaryl/α,β-unsaturated/α-hetero) is 1. The molecule has 1 aromatic rings. The summed E-state index contributed by atoms with van der Waals surface area (Å²) in [6.45, 7) is 1.59. The third-order valence-electron chi connectivity index (χ3n) is 1.85. The fourth-order valence-corrected chi connectivity index (χ4v) is 1.54. The van der Waals surface area contributed by atoms with E-state index in [4.69, 9.17) is 5.73 Å². The van der Waals surface area contributed by atoms with Gasteiger partial charge in [0.05, 0.1) is 6.04 Å². The fourth-order valence-electron chi connectivity index (χ4n) is 1.08. The molecule has 0 amide bonds. The third-order valence-corrected chi connectivity index (χ3v) is 2.62. The maximum Gasteiger partial charge on any atom is 0.179 e. The van der Waals surface area contributed by atoms with Crippen LogP contribution < -0.4 is 5.73 Å². The minimum Gasteiger partial charge on any atom is -0.321 e. The van der Waals surface area contributed by atoms with E-state index in [9.17, 15) is 9.18 Å². The summed E-state index contributed by atoms with van der Waals surface area (Å²) in [6, 6.07) is 3.84. The quantitative estimate of drug-likeness (QED) is 0.617. The zero-order valence-electron chi connectivity index (χ0n) is 8.08. The van der Waals surface area contributed by atoms with Crippen LogP contribution in [0.25, 0.3) is 0 Å². The number of halogens is 1. The molecule has 2 N–H and O–H groups in total. The van der Waals surface area contributed by atoms with Crippen LogP contribution in [0.3, 0.4) is 0 Å². The minimum absolute atomic E-state index is 0.239. The molecule has 1 rings (SSSR count). The van der Waals surface area contributed by atoms with Gasteiger partial charge in [-0.15, -0.1) is 11.8 Å². The van der Waals surface area contributed by atoms with E-state index >= 15 is 0 Å². The Labute approximate surface area is 86.7 Å². The monoisotopic (exact) mass is 213 g/mol. The van der Waals surface area contributed by atoms with E-state index in [0.29, 0.717) is 10.5 Å². The van der Waals surface area contributed by atoms with Crippen LogP contribution in [0, 0.1) is 5.82 Å². The van der Waals surface area contributed by atoms with Crippen molar-refractivity contribution in [2.24, 2.45) is 5.73 Å². The lowest BCUT2D eigenvalue weighted by Crippen LogP contribution is -2.26. The van der Waals surface area contributed by atoms with Crippen LogP contribution in [0.1, 0.15) is 17.3 Å². The molecule has 0 spiro atoms. The number of ketones is 1. The van der Waals surface area contributed by atoms with Crippen molar-refractivity contribution in [1.29, 1.82) is 0 Å². The summed E-state index contributed by atoms with van der Waals surface area (Å²) in [5, 5.41) is 0. The van der Waals surface area contributed by atoms with Crippen molar-refractivity contribution in [3.8, 4) is 0 Å². The van der Waals surface area contributed by atoms with Gasteiger partial charge in [-0.25, -0.2) is 4.39 Å². The molecule has 2 nitrogen and oxygen atoms in total. The van der Waals surface area contributed by atoms with E-state index < -0.39 is 6.04 Å². The maximum atomic E-state index is 13.3. The van der Waals surface area contributed by atoms with Gasteiger partial charge in [0.15, 0.2) is 5.78 Å². The first-order valence-corrected chi connectivity index (χ1v) is 5.42. The Kier molecular flexibility index (Phi) is 3.66. The first-order valence-electron chi connectivity index (χ1n) is 4.19. The zero-order chi connectivity index (χ0) is 10.7. The van der Waals surface area contributed by atoms with Crippen molar-refractivity contribution in [2.45, 2.75) is 17.9 Å². The highest BCUT2D eigenvalue weighted by Crippen LogP contribution is 2.20. The molecule has 0 bridgehead atoms. The summed E-state index contributed by atoms with van der Waals surface area (Å²) in [6.07, 6.45) is 1.78. The summed E-state index contributed by atoms with van der Waals surface area (Å²) >= 11 is 1.31. The average molecular weight is 213 g/mol. The van der Waals surface area contributed by atoms with Crippen LogP contribution in [0.15, 0.2) is 23.1 Å². The summed E-state index contributed by atoms with van der Waals surface area (Å²) in [5.41, 5.74) is 5.74. The van der Waals surface area contributed by atoms with Gasteiger partial charge in [-0.2, -0.15) is 0 Å². The van der Waals surface area contributed by atoms with E-state index in [1.54, 1.807) is 25.3 Å². The van der Waals surface area contributed by atoms with Crippen LogP contribution in [-0.4, -0.2) is 18.1 Å². The maximum absolute atomic E-state index is 13.3. The summed E-state index contributed by atoms with van der Waals surface area (Å²) < 4.78 is 13.3. The van der Waals surface area contributed by atoms with Gasteiger partial charge in [0.25, 0.3) is 0 Å². The van der Waals surface area contributed by atoms with Crippen LogP contribution in [-0.2, 0) is 0 Å². The van der Waals surface area contributed by atoms with E-state index in [1.165, 1.54) is 17.8 Å². The molecule has 76 valence electrons. The molecule has 0 aliphatic heterocycles. The number of nitrogens with two attached hydrogens (primary N) is 1. The molecule has 14 heavy (non-hydrogen) atoms. The van der Waals surface area contributed by atoms with Crippen molar-refractivity contribution in [3.63, 3.8) is 0 Å².